The van der Waals surface area contributed by atoms with Crippen LogP contribution in [0.2, 0.25) is 0 Å². The number of nitrogens with zero attached hydrogens (tertiary/aromatic N) is 2. The molecule has 38 valence electrons. The summed E-state index contributed by atoms with van der Waals surface area (Å²) in [5.41, 5.74) is 0. The minimum absolute atomic E-state index is 0. The molecule has 3 heteroatoms. The van der Waals surface area contributed by atoms with Crippen LogP contribution in [0.25, 0.3) is 0 Å². The van der Waals surface area contributed by atoms with E-state index in [4.69, 9.17) is 0 Å². The molecule has 0 spiro atoms. The van der Waals surface area contributed by atoms with E-state index in [2.05, 4.69) is 11.8 Å². The first-order chi connectivity index (χ1) is 2.27. The zero-order chi connectivity index (χ0) is 4.28. The second kappa shape index (κ2) is 4.76. The Morgan fingerprint density at radius 3 is 1.67 bits per heavy atom. The van der Waals surface area contributed by atoms with Gasteiger partial charge in [-0.3, -0.25) is 0 Å². The maximum Gasteiger partial charge on any atom is 0.0244 e. The minimum atomic E-state index is 0. The monoisotopic (exact) mass is 108 g/mol. The van der Waals surface area contributed by atoms with Crippen molar-refractivity contribution in [3.63, 3.8) is 0 Å². The third kappa shape index (κ3) is 9.25. The molecule has 0 fully saturated rings. The molecule has 6 heavy (non-hydrogen) atoms. The van der Waals surface area contributed by atoms with Gasteiger partial charge in [0.2, 0.25) is 0 Å². The van der Waals surface area contributed by atoms with Crippen LogP contribution < -0.4 is 0 Å². The van der Waals surface area contributed by atoms with Gasteiger partial charge in [-0.05, 0) is 0 Å². The molecule has 0 saturated heterocycles. The largest absolute Gasteiger partial charge is 0.304 e. The van der Waals surface area contributed by atoms with E-state index in [9.17, 15) is 0 Å². The fraction of sp³-hybridized carbons (Fsp3) is 0.667. The third-order valence-electron chi connectivity index (χ3n) is 0.283. The van der Waals surface area contributed by atoms with Crippen LogP contribution in [0.4, 0.5) is 0 Å². The van der Waals surface area contributed by atoms with Crippen LogP contribution in [0.5, 0.6) is 0 Å². The zero-order valence-electron chi connectivity index (χ0n) is 4.01. The van der Waals surface area contributed by atoms with Gasteiger partial charge >= 0.3 is 0 Å². The highest BCUT2D eigenvalue weighted by molar-refractivity contribution is 5.85. The van der Waals surface area contributed by atoms with Gasteiger partial charge in [-0.2, -0.15) is 5.10 Å². The van der Waals surface area contributed by atoms with Gasteiger partial charge in [-0.25, -0.2) is 0 Å². The van der Waals surface area contributed by atoms with Crippen molar-refractivity contribution in [2.45, 2.75) is 0 Å². The molecular formula is C3H9ClN2. The second-order valence-electron chi connectivity index (χ2n) is 0.989. The van der Waals surface area contributed by atoms with E-state index in [1.54, 1.807) is 5.01 Å². The highest BCUT2D eigenvalue weighted by Crippen LogP contribution is 1.63. The van der Waals surface area contributed by atoms with E-state index in [1.165, 1.54) is 0 Å². The SMILES string of the molecule is C=NN(C)C.Cl. The quantitative estimate of drug-likeness (QED) is 0.355. The first-order valence-corrected chi connectivity index (χ1v) is 1.41. The van der Waals surface area contributed by atoms with Crippen LogP contribution in [0.1, 0.15) is 0 Å². The molecule has 0 radical (unpaired) electrons. The number of rotatable bonds is 1. The van der Waals surface area contributed by atoms with Gasteiger partial charge in [-0.1, -0.05) is 0 Å². The van der Waals surface area contributed by atoms with Crippen molar-refractivity contribution in [1.29, 1.82) is 0 Å². The lowest BCUT2D eigenvalue weighted by Crippen LogP contribution is -1.98. The minimum Gasteiger partial charge on any atom is -0.304 e. The lowest BCUT2D eigenvalue weighted by atomic mass is 11.2. The topological polar surface area (TPSA) is 15.6 Å². The van der Waals surface area contributed by atoms with Gasteiger partial charge in [0.25, 0.3) is 0 Å². The summed E-state index contributed by atoms with van der Waals surface area (Å²) in [6.07, 6.45) is 0. The first kappa shape index (κ1) is 9.23. The van der Waals surface area contributed by atoms with Crippen LogP contribution in [0.3, 0.4) is 0 Å². The summed E-state index contributed by atoms with van der Waals surface area (Å²) in [7, 11) is 3.65. The van der Waals surface area contributed by atoms with Crippen LogP contribution in [-0.4, -0.2) is 25.8 Å². The molecule has 0 heterocycles. The number of halogens is 1. The number of hydrogen-bond donors (Lipinski definition) is 0. The Hall–Kier alpha value is -0.240. The Labute approximate surface area is 44.2 Å². The molecule has 0 aromatic rings. The highest BCUT2D eigenvalue weighted by Gasteiger charge is 1.62. The fourth-order valence-corrected chi connectivity index (χ4v) is 0. The Bertz CT molecular complexity index is 35.8. The molecule has 0 unspecified atom stereocenters. The average Bonchev–Trinajstić information content (AvgIpc) is 1.38. The maximum atomic E-state index is 3.47. The first-order valence-electron chi connectivity index (χ1n) is 1.41. The second-order valence-corrected chi connectivity index (χ2v) is 0.989. The van der Waals surface area contributed by atoms with Gasteiger partial charge < -0.3 is 5.01 Å². The molecule has 0 aliphatic heterocycles. The van der Waals surface area contributed by atoms with Crippen molar-refractivity contribution in [3.05, 3.63) is 0 Å². The van der Waals surface area contributed by atoms with Crippen molar-refractivity contribution in [2.75, 3.05) is 14.1 Å². The van der Waals surface area contributed by atoms with Gasteiger partial charge in [0.1, 0.15) is 0 Å². The van der Waals surface area contributed by atoms with E-state index in [-0.39, 0.29) is 12.4 Å². The Morgan fingerprint density at radius 2 is 1.67 bits per heavy atom. The van der Waals surface area contributed by atoms with Gasteiger partial charge in [0.15, 0.2) is 0 Å². The summed E-state index contributed by atoms with van der Waals surface area (Å²) in [5, 5.41) is 5.11. The predicted molar refractivity (Wildman–Crippen MR) is 30.5 cm³/mol. The van der Waals surface area contributed by atoms with Crippen molar-refractivity contribution in [3.8, 4) is 0 Å². The summed E-state index contributed by atoms with van der Waals surface area (Å²) in [6, 6.07) is 0. The van der Waals surface area contributed by atoms with E-state index in [1.807, 2.05) is 14.1 Å². The predicted octanol–water partition coefficient (Wildman–Crippen LogP) is 0.585. The lowest BCUT2D eigenvalue weighted by molar-refractivity contribution is 0.442. The summed E-state index contributed by atoms with van der Waals surface area (Å²) in [6.45, 7) is 3.24. The maximum absolute atomic E-state index is 3.47. The molecule has 0 saturated carbocycles. The Kier molecular flexibility index (Phi) is 7.32. The molecule has 0 aliphatic carbocycles. The number of hydrogen-bond acceptors (Lipinski definition) is 2. The number of hydrazone groups is 1. The molecule has 0 rings (SSSR count). The molecule has 0 atom stereocenters. The summed E-state index contributed by atoms with van der Waals surface area (Å²) in [4.78, 5) is 0. The molecule has 0 aromatic carbocycles. The fourth-order valence-electron chi connectivity index (χ4n) is 0. The summed E-state index contributed by atoms with van der Waals surface area (Å²) < 4.78 is 0. The molecule has 0 bridgehead atoms. The molecule has 2 nitrogen and oxygen atoms in total. The smallest absolute Gasteiger partial charge is 0.0244 e. The van der Waals surface area contributed by atoms with Crippen molar-refractivity contribution in [2.24, 2.45) is 5.10 Å². The van der Waals surface area contributed by atoms with Crippen LogP contribution in [-0.2, 0) is 0 Å². The van der Waals surface area contributed by atoms with Crippen LogP contribution in [0.15, 0.2) is 5.10 Å². The Morgan fingerprint density at radius 1 is 1.50 bits per heavy atom. The zero-order valence-corrected chi connectivity index (χ0v) is 4.83. The summed E-state index contributed by atoms with van der Waals surface area (Å²) >= 11 is 0. The highest BCUT2D eigenvalue weighted by atomic mass is 35.5. The van der Waals surface area contributed by atoms with Crippen molar-refractivity contribution < 1.29 is 0 Å². The van der Waals surface area contributed by atoms with Crippen LogP contribution in [0, 0.1) is 0 Å². The van der Waals surface area contributed by atoms with E-state index < -0.39 is 0 Å². The van der Waals surface area contributed by atoms with E-state index >= 15 is 0 Å². The van der Waals surface area contributed by atoms with Gasteiger partial charge in [-0.15, -0.1) is 12.4 Å². The normalized spacial score (nSPS) is 5.67. The van der Waals surface area contributed by atoms with Gasteiger partial charge in [0.05, 0.1) is 0 Å². The third-order valence-corrected chi connectivity index (χ3v) is 0.283. The Balaban J connectivity index is 0. The molecular weight excluding hydrogens is 99.5 g/mol. The van der Waals surface area contributed by atoms with E-state index in [0.29, 0.717) is 0 Å². The molecule has 0 amide bonds. The molecule has 0 N–H and O–H groups in total. The molecule has 0 aliphatic rings. The van der Waals surface area contributed by atoms with Crippen molar-refractivity contribution >= 4 is 19.1 Å². The average molecular weight is 109 g/mol. The molecule has 0 aromatic heterocycles. The lowest BCUT2D eigenvalue weighted by Gasteiger charge is -1.97. The standard InChI is InChI=1S/C3H8N2.ClH/c1-4-5(2)3;/h1H2,2-3H3;1H. The van der Waals surface area contributed by atoms with Gasteiger partial charge in [0, 0.05) is 20.8 Å². The van der Waals surface area contributed by atoms with Crippen molar-refractivity contribution in [1.82, 2.24) is 5.01 Å². The summed E-state index contributed by atoms with van der Waals surface area (Å²) in [5.74, 6) is 0. The van der Waals surface area contributed by atoms with Crippen LogP contribution >= 0.6 is 12.4 Å². The van der Waals surface area contributed by atoms with E-state index in [0.717, 1.165) is 0 Å².